The Morgan fingerprint density at radius 2 is 2.14 bits per heavy atom. The smallest absolute Gasteiger partial charge is 0.0702 e. The number of nitrogens with zero attached hydrogens (tertiary/aromatic N) is 1. The van der Waals surface area contributed by atoms with Crippen LogP contribution in [0.2, 0.25) is 0 Å². The fraction of sp³-hybridized carbons (Fsp3) is 0.0769. The average Bonchev–Trinajstić information content (AvgIpc) is 2.27. The molecular formula is C13H11N. The van der Waals surface area contributed by atoms with Gasteiger partial charge in [-0.1, -0.05) is 24.8 Å². The molecule has 1 aromatic heterocycles. The maximum absolute atomic E-state index is 4.36. The molecule has 14 heavy (non-hydrogen) atoms. The second-order valence-electron chi connectivity index (χ2n) is 3.22. The van der Waals surface area contributed by atoms with E-state index in [1.807, 2.05) is 31.3 Å². The molecule has 0 saturated carbocycles. The number of rotatable bonds is 1. The lowest BCUT2D eigenvalue weighted by molar-refractivity contribution is 1.38. The first-order chi connectivity index (χ1) is 6.81. The van der Waals surface area contributed by atoms with Crippen molar-refractivity contribution in [3.63, 3.8) is 0 Å². The molecule has 0 saturated heterocycles. The van der Waals surface area contributed by atoms with Crippen molar-refractivity contribution in [3.8, 4) is 0 Å². The zero-order valence-corrected chi connectivity index (χ0v) is 8.12. The van der Waals surface area contributed by atoms with Gasteiger partial charge in [0, 0.05) is 17.1 Å². The summed E-state index contributed by atoms with van der Waals surface area (Å²) in [5, 5.41) is 1.15. The van der Waals surface area contributed by atoms with Crippen LogP contribution in [0.5, 0.6) is 0 Å². The predicted molar refractivity (Wildman–Crippen MR) is 60.0 cm³/mol. The summed E-state index contributed by atoms with van der Waals surface area (Å²) in [6, 6.07) is 10.2. The fourth-order valence-corrected chi connectivity index (χ4v) is 1.38. The van der Waals surface area contributed by atoms with Gasteiger partial charge in [0.25, 0.3) is 0 Å². The molecule has 0 aliphatic rings. The molecule has 2 rings (SSSR count). The number of aromatic nitrogens is 1. The van der Waals surface area contributed by atoms with E-state index in [1.54, 1.807) is 0 Å². The highest BCUT2D eigenvalue weighted by Gasteiger charge is 1.97. The first-order valence-electron chi connectivity index (χ1n) is 4.53. The Bertz CT molecular complexity index is 520. The maximum Gasteiger partial charge on any atom is 0.0702 e. The van der Waals surface area contributed by atoms with Crippen LogP contribution in [0, 0.1) is 0 Å². The van der Waals surface area contributed by atoms with Gasteiger partial charge in [-0.2, -0.15) is 0 Å². The quantitative estimate of drug-likeness (QED) is 0.614. The largest absolute Gasteiger partial charge is 0.256 e. The van der Waals surface area contributed by atoms with Crippen LogP contribution in [0.25, 0.3) is 16.5 Å². The van der Waals surface area contributed by atoms with Crippen molar-refractivity contribution in [1.82, 2.24) is 4.98 Å². The third-order valence-corrected chi connectivity index (χ3v) is 2.29. The molecule has 68 valence electrons. The molecule has 0 spiro atoms. The summed E-state index contributed by atoms with van der Waals surface area (Å²) in [5.74, 6) is 0. The standard InChI is InChI=1S/C13H11N/c1-3-10(2)12-8-11-6-4-5-7-13(11)14-9-12/h4-9H,1H2,2H3. The van der Waals surface area contributed by atoms with E-state index in [4.69, 9.17) is 0 Å². The van der Waals surface area contributed by atoms with Gasteiger partial charge in [0.1, 0.15) is 0 Å². The van der Waals surface area contributed by atoms with Gasteiger partial charge in [-0.3, -0.25) is 4.98 Å². The fourth-order valence-electron chi connectivity index (χ4n) is 1.38. The number of fused-ring (bicyclic) bond motifs is 1. The molecule has 0 fully saturated rings. The Labute approximate surface area is 83.4 Å². The van der Waals surface area contributed by atoms with Gasteiger partial charge in [0.05, 0.1) is 5.52 Å². The zero-order valence-electron chi connectivity index (χ0n) is 8.12. The van der Waals surface area contributed by atoms with E-state index < -0.39 is 0 Å². The molecule has 0 atom stereocenters. The topological polar surface area (TPSA) is 12.9 Å². The number of pyridine rings is 1. The maximum atomic E-state index is 4.36. The van der Waals surface area contributed by atoms with Crippen LogP contribution in [0.4, 0.5) is 0 Å². The molecule has 1 heterocycles. The van der Waals surface area contributed by atoms with Crippen LogP contribution in [0.1, 0.15) is 12.5 Å². The highest BCUT2D eigenvalue weighted by molar-refractivity contribution is 5.82. The van der Waals surface area contributed by atoms with Gasteiger partial charge >= 0.3 is 0 Å². The molecule has 0 aliphatic carbocycles. The van der Waals surface area contributed by atoms with E-state index in [9.17, 15) is 0 Å². The number of para-hydroxylation sites is 1. The molecule has 0 aliphatic heterocycles. The normalized spacial score (nSPS) is 9.79. The lowest BCUT2D eigenvalue weighted by Gasteiger charge is -2.00. The van der Waals surface area contributed by atoms with Gasteiger partial charge in [0.15, 0.2) is 0 Å². The van der Waals surface area contributed by atoms with Gasteiger partial charge in [-0.05, 0) is 24.6 Å². The van der Waals surface area contributed by atoms with E-state index in [2.05, 4.69) is 29.4 Å². The highest BCUT2D eigenvalue weighted by atomic mass is 14.6. The predicted octanol–water partition coefficient (Wildman–Crippen LogP) is 3.42. The van der Waals surface area contributed by atoms with Crippen molar-refractivity contribution in [2.75, 3.05) is 0 Å². The molecule has 1 aromatic carbocycles. The van der Waals surface area contributed by atoms with Crippen LogP contribution >= 0.6 is 0 Å². The number of benzene rings is 1. The van der Waals surface area contributed by atoms with Crippen LogP contribution in [0.15, 0.2) is 48.8 Å². The minimum atomic E-state index is 1.02. The first-order valence-corrected chi connectivity index (χ1v) is 4.53. The Morgan fingerprint density at radius 1 is 1.36 bits per heavy atom. The van der Waals surface area contributed by atoms with Crippen molar-refractivity contribution in [2.24, 2.45) is 0 Å². The molecule has 0 radical (unpaired) electrons. The minimum absolute atomic E-state index is 1.02. The summed E-state index contributed by atoms with van der Waals surface area (Å²) in [7, 11) is 0. The van der Waals surface area contributed by atoms with E-state index in [0.717, 1.165) is 22.0 Å². The second-order valence-corrected chi connectivity index (χ2v) is 3.22. The summed E-state index contributed by atoms with van der Waals surface area (Å²) in [6.07, 6.45) is 1.86. The van der Waals surface area contributed by atoms with Gasteiger partial charge in [0.2, 0.25) is 0 Å². The van der Waals surface area contributed by atoms with E-state index in [-0.39, 0.29) is 0 Å². The summed E-state index contributed by atoms with van der Waals surface area (Å²) >= 11 is 0. The van der Waals surface area contributed by atoms with Crippen LogP contribution in [-0.4, -0.2) is 4.98 Å². The Balaban J connectivity index is 2.68. The molecule has 2 aromatic rings. The first kappa shape index (κ1) is 8.74. The summed E-state index contributed by atoms with van der Waals surface area (Å²) in [6.45, 7) is 5.61. The monoisotopic (exact) mass is 181 g/mol. The SMILES string of the molecule is C=C=C(C)c1cnc2ccccc2c1. The lowest BCUT2D eigenvalue weighted by atomic mass is 10.1. The zero-order chi connectivity index (χ0) is 9.97. The summed E-state index contributed by atoms with van der Waals surface area (Å²) in [5.41, 5.74) is 6.01. The number of hydrogen-bond acceptors (Lipinski definition) is 1. The molecular weight excluding hydrogens is 170 g/mol. The highest BCUT2D eigenvalue weighted by Crippen LogP contribution is 2.17. The lowest BCUT2D eigenvalue weighted by Crippen LogP contribution is -1.83. The third-order valence-electron chi connectivity index (χ3n) is 2.29. The van der Waals surface area contributed by atoms with Gasteiger partial charge in [-0.15, -0.1) is 5.73 Å². The molecule has 0 amide bonds. The number of hydrogen-bond donors (Lipinski definition) is 0. The van der Waals surface area contributed by atoms with E-state index >= 15 is 0 Å². The Morgan fingerprint density at radius 3 is 2.93 bits per heavy atom. The Kier molecular flexibility index (Phi) is 2.18. The van der Waals surface area contributed by atoms with Gasteiger partial charge in [-0.25, -0.2) is 0 Å². The molecule has 1 heteroatoms. The second kappa shape index (κ2) is 3.49. The van der Waals surface area contributed by atoms with Gasteiger partial charge < -0.3 is 0 Å². The summed E-state index contributed by atoms with van der Waals surface area (Å²) < 4.78 is 0. The van der Waals surface area contributed by atoms with Crippen molar-refractivity contribution >= 4 is 16.5 Å². The van der Waals surface area contributed by atoms with Crippen molar-refractivity contribution in [3.05, 3.63) is 54.4 Å². The van der Waals surface area contributed by atoms with Crippen molar-refractivity contribution in [2.45, 2.75) is 6.92 Å². The van der Waals surface area contributed by atoms with Crippen LogP contribution < -0.4 is 0 Å². The van der Waals surface area contributed by atoms with Crippen molar-refractivity contribution in [1.29, 1.82) is 0 Å². The van der Waals surface area contributed by atoms with E-state index in [0.29, 0.717) is 0 Å². The van der Waals surface area contributed by atoms with Crippen LogP contribution in [-0.2, 0) is 0 Å². The molecule has 0 unspecified atom stereocenters. The van der Waals surface area contributed by atoms with Crippen LogP contribution in [0.3, 0.4) is 0 Å². The van der Waals surface area contributed by atoms with Crippen molar-refractivity contribution < 1.29 is 0 Å². The summed E-state index contributed by atoms with van der Waals surface area (Å²) in [4.78, 5) is 4.36. The third kappa shape index (κ3) is 1.46. The minimum Gasteiger partial charge on any atom is -0.256 e. The average molecular weight is 181 g/mol. The molecule has 1 nitrogen and oxygen atoms in total. The molecule has 0 bridgehead atoms. The van der Waals surface area contributed by atoms with E-state index in [1.165, 1.54) is 0 Å². The molecule has 0 N–H and O–H groups in total. The Hall–Kier alpha value is -1.85. The number of allylic oxidation sites excluding steroid dienone is 1.